The van der Waals surface area contributed by atoms with E-state index in [1.807, 2.05) is 0 Å². The maximum atomic E-state index is 5.91. The second kappa shape index (κ2) is 16.1. The molecule has 1 unspecified atom stereocenters. The van der Waals surface area contributed by atoms with Gasteiger partial charge in [0.1, 0.15) is 0 Å². The van der Waals surface area contributed by atoms with Gasteiger partial charge in [0, 0.05) is 0 Å². The molecule has 1 heterocycles. The van der Waals surface area contributed by atoms with Gasteiger partial charge in [0.15, 0.2) is 0 Å². The highest BCUT2D eigenvalue weighted by Crippen LogP contribution is 2.14. The molecule has 0 aromatic heterocycles. The minimum Gasteiger partial charge on any atom is -0.425 e. The summed E-state index contributed by atoms with van der Waals surface area (Å²) in [5, 5.41) is 0. The van der Waals surface area contributed by atoms with Crippen molar-refractivity contribution in [3.05, 3.63) is 0 Å². The topological polar surface area (TPSA) is 83.1 Å². The molecule has 0 saturated carbocycles. The van der Waals surface area contributed by atoms with E-state index in [-0.39, 0.29) is 0 Å². The van der Waals surface area contributed by atoms with Crippen LogP contribution in [0.25, 0.3) is 0 Å². The molecule has 0 aromatic rings. The van der Waals surface area contributed by atoms with E-state index in [0.29, 0.717) is 5.54 Å². The van der Waals surface area contributed by atoms with Crippen LogP contribution in [0.15, 0.2) is 0 Å². The Labute approximate surface area is 152 Å². The molecule has 0 N–H and O–H groups in total. The second-order valence-corrected chi connectivity index (χ2v) is 22.3. The summed E-state index contributed by atoms with van der Waals surface area (Å²) in [4.78, 5) is 0. The largest absolute Gasteiger partial charge is 0.425 e. The SMILES string of the molecule is CCC(C)[SiH]1O[SiH2]O[SiH2]O[SiH2]O[SiH2]O[SiH2]O[SiH2]O[SiH2]O[SiH2]O1. The molecular weight excluding hydrogens is 445 g/mol. The monoisotopic (exact) mass is 470 g/mol. The maximum absolute atomic E-state index is 5.91. The van der Waals surface area contributed by atoms with Crippen LogP contribution in [0.1, 0.15) is 20.3 Å². The van der Waals surface area contributed by atoms with Gasteiger partial charge in [0.05, 0.1) is 0 Å². The van der Waals surface area contributed by atoms with Crippen molar-refractivity contribution in [2.24, 2.45) is 0 Å². The maximum Gasteiger partial charge on any atom is 0.305 e. The smallest absolute Gasteiger partial charge is 0.305 e. The van der Waals surface area contributed by atoms with Gasteiger partial charge >= 0.3 is 9.28 Å². The van der Waals surface area contributed by atoms with Gasteiger partial charge in [-0.15, -0.1) is 0 Å². The van der Waals surface area contributed by atoms with Crippen LogP contribution in [0.5, 0.6) is 0 Å². The fourth-order valence-electron chi connectivity index (χ4n) is 1.39. The van der Waals surface area contributed by atoms with E-state index in [1.165, 1.54) is 0 Å². The standard InChI is InChI=1S/C4H26O9Si9/c1-3-4(2)22-12-20-10-18-8-16-6-14-5-15-7-17-9-19-11-21-13-22/h4,22H,3,14-21H2,1-2H3. The summed E-state index contributed by atoms with van der Waals surface area (Å²) in [5.41, 5.74) is 0.465. The van der Waals surface area contributed by atoms with Gasteiger partial charge in [-0.3, -0.25) is 0 Å². The molecule has 0 radical (unpaired) electrons. The van der Waals surface area contributed by atoms with Crippen molar-refractivity contribution < 1.29 is 37.0 Å². The van der Waals surface area contributed by atoms with Gasteiger partial charge in [-0.1, -0.05) is 20.3 Å². The summed E-state index contributed by atoms with van der Waals surface area (Å²) < 4.78 is 50.1. The summed E-state index contributed by atoms with van der Waals surface area (Å²) in [6.45, 7) is 4.32. The first-order chi connectivity index (χ1) is 10.8. The first-order valence-electron chi connectivity index (χ1n) is 7.12. The molecule has 0 amide bonds. The van der Waals surface area contributed by atoms with E-state index in [4.69, 9.17) is 37.0 Å². The predicted octanol–water partition coefficient (Wildman–Crippen LogP) is -6.84. The molecular formula is C4H26O9Si9. The Kier molecular flexibility index (Phi) is 15.8. The fourth-order valence-corrected chi connectivity index (χ4v) is 20.3. The highest BCUT2D eigenvalue weighted by molar-refractivity contribution is 6.59. The Morgan fingerprint density at radius 3 is 1.27 bits per heavy atom. The van der Waals surface area contributed by atoms with Gasteiger partial charge in [-0.05, 0) is 5.54 Å². The molecule has 1 saturated heterocycles. The van der Waals surface area contributed by atoms with Crippen LogP contribution in [-0.4, -0.2) is 89.3 Å². The highest BCUT2D eigenvalue weighted by atomic mass is 28.4. The Morgan fingerprint density at radius 2 is 0.955 bits per heavy atom. The Bertz CT molecular complexity index is 235. The first-order valence-corrected chi connectivity index (χ1v) is 18.0. The summed E-state index contributed by atoms with van der Waals surface area (Å²) in [7, 11) is -9.30. The third kappa shape index (κ3) is 12.0. The number of hydrogen-bond donors (Lipinski definition) is 0. The zero-order valence-electron chi connectivity index (χ0n) is 13.2. The van der Waals surface area contributed by atoms with Crippen molar-refractivity contribution in [3.8, 4) is 0 Å². The lowest BCUT2D eigenvalue weighted by Gasteiger charge is -2.22. The van der Waals surface area contributed by atoms with Crippen LogP contribution in [0.4, 0.5) is 0 Å². The van der Waals surface area contributed by atoms with E-state index in [0.717, 1.165) is 6.42 Å². The molecule has 9 nitrogen and oxygen atoms in total. The minimum atomic E-state index is -1.68. The van der Waals surface area contributed by atoms with Crippen molar-refractivity contribution in [1.82, 2.24) is 0 Å². The second-order valence-electron chi connectivity index (χ2n) is 4.46. The Morgan fingerprint density at radius 1 is 0.636 bits per heavy atom. The van der Waals surface area contributed by atoms with Gasteiger partial charge in [0.2, 0.25) is 0 Å². The average molecular weight is 471 g/mol. The molecule has 0 aliphatic carbocycles. The third-order valence-electron chi connectivity index (χ3n) is 2.74. The average Bonchev–Trinajstić information content (AvgIpc) is 2.54. The quantitative estimate of drug-likeness (QED) is 0.366. The molecule has 0 bridgehead atoms. The summed E-state index contributed by atoms with van der Waals surface area (Å²) in [5.74, 6) is 0. The lowest BCUT2D eigenvalue weighted by molar-refractivity contribution is 0.332. The highest BCUT2D eigenvalue weighted by Gasteiger charge is 2.20. The zero-order chi connectivity index (χ0) is 15.9. The fraction of sp³-hybridized carbons (Fsp3) is 1.00. The van der Waals surface area contributed by atoms with Crippen molar-refractivity contribution in [2.45, 2.75) is 25.8 Å². The lowest BCUT2D eigenvalue weighted by atomic mass is 10.4. The van der Waals surface area contributed by atoms with Crippen LogP contribution in [-0.2, 0) is 37.0 Å². The van der Waals surface area contributed by atoms with Crippen LogP contribution in [0.3, 0.4) is 0 Å². The molecule has 22 heavy (non-hydrogen) atoms. The predicted molar refractivity (Wildman–Crippen MR) is 105 cm³/mol. The van der Waals surface area contributed by atoms with E-state index < -0.39 is 89.3 Å². The number of hydrogen-bond acceptors (Lipinski definition) is 9. The van der Waals surface area contributed by atoms with Crippen molar-refractivity contribution >= 4 is 89.3 Å². The van der Waals surface area contributed by atoms with Crippen LogP contribution < -0.4 is 0 Å². The zero-order valence-corrected chi connectivity index (χ0v) is 25.7. The van der Waals surface area contributed by atoms with Crippen molar-refractivity contribution in [2.75, 3.05) is 0 Å². The van der Waals surface area contributed by atoms with Gasteiger partial charge in [-0.2, -0.15) is 0 Å². The van der Waals surface area contributed by atoms with Gasteiger partial charge < -0.3 is 37.0 Å². The van der Waals surface area contributed by atoms with E-state index >= 15 is 0 Å². The summed E-state index contributed by atoms with van der Waals surface area (Å²) in [6.07, 6.45) is 1.05. The molecule has 0 spiro atoms. The molecule has 0 aromatic carbocycles. The molecule has 18 heteroatoms. The van der Waals surface area contributed by atoms with Gasteiger partial charge in [-0.25, -0.2) is 0 Å². The molecule has 132 valence electrons. The third-order valence-corrected chi connectivity index (χ3v) is 17.2. The van der Waals surface area contributed by atoms with E-state index in [1.54, 1.807) is 0 Å². The molecule has 1 aliphatic heterocycles. The van der Waals surface area contributed by atoms with Crippen LogP contribution in [0.2, 0.25) is 5.54 Å². The van der Waals surface area contributed by atoms with Crippen molar-refractivity contribution in [3.63, 3.8) is 0 Å². The summed E-state index contributed by atoms with van der Waals surface area (Å²) in [6, 6.07) is 0. The van der Waals surface area contributed by atoms with Crippen LogP contribution in [0, 0.1) is 0 Å². The van der Waals surface area contributed by atoms with E-state index in [9.17, 15) is 0 Å². The Balaban J connectivity index is 2.26. The minimum absolute atomic E-state index is 0.465. The molecule has 1 aliphatic rings. The normalized spacial score (nSPS) is 35.5. The lowest BCUT2D eigenvalue weighted by Crippen LogP contribution is -2.33. The molecule has 1 atom stereocenters. The molecule has 1 fully saturated rings. The van der Waals surface area contributed by atoms with Crippen molar-refractivity contribution in [1.29, 1.82) is 0 Å². The summed E-state index contributed by atoms with van der Waals surface area (Å²) >= 11 is 0. The van der Waals surface area contributed by atoms with Gasteiger partial charge in [0.25, 0.3) is 80.1 Å². The van der Waals surface area contributed by atoms with Crippen LogP contribution >= 0.6 is 0 Å². The first kappa shape index (κ1) is 21.6. The molecule has 1 rings (SSSR count). The number of rotatable bonds is 2. The van der Waals surface area contributed by atoms with E-state index in [2.05, 4.69) is 13.8 Å². The Hall–Kier alpha value is 1.59.